The van der Waals surface area contributed by atoms with E-state index in [9.17, 15) is 4.79 Å². The van der Waals surface area contributed by atoms with Crippen LogP contribution in [0.2, 0.25) is 0 Å². The number of benzene rings is 2. The lowest BCUT2D eigenvalue weighted by atomic mass is 9.86. The van der Waals surface area contributed by atoms with Crippen molar-refractivity contribution in [2.75, 3.05) is 0 Å². The highest BCUT2D eigenvalue weighted by atomic mass is 16.4. The van der Waals surface area contributed by atoms with Gasteiger partial charge in [-0.2, -0.15) is 0 Å². The Bertz CT molecular complexity index is 909. The van der Waals surface area contributed by atoms with Crippen molar-refractivity contribution >= 4 is 17.0 Å². The SMILES string of the molecule is O=C(O)C1CCC(NCc2ccc(Cn3cnc4ccccc43)cc2)CC1. The van der Waals surface area contributed by atoms with Crippen LogP contribution in [0.25, 0.3) is 11.0 Å². The lowest BCUT2D eigenvalue weighted by Gasteiger charge is -2.27. The van der Waals surface area contributed by atoms with Gasteiger partial charge in [0.05, 0.1) is 23.3 Å². The molecule has 1 aliphatic carbocycles. The Morgan fingerprint density at radius 1 is 1.04 bits per heavy atom. The Kier molecular flexibility index (Phi) is 5.21. The Hall–Kier alpha value is -2.66. The van der Waals surface area contributed by atoms with Gasteiger partial charge in [-0.25, -0.2) is 4.98 Å². The number of hydrogen-bond acceptors (Lipinski definition) is 3. The lowest BCUT2D eigenvalue weighted by Crippen LogP contribution is -2.34. The van der Waals surface area contributed by atoms with Crippen LogP contribution in [0.4, 0.5) is 0 Å². The van der Waals surface area contributed by atoms with Crippen LogP contribution in [0.3, 0.4) is 0 Å². The first-order valence-electron chi connectivity index (χ1n) is 9.63. The van der Waals surface area contributed by atoms with Crippen molar-refractivity contribution in [3.63, 3.8) is 0 Å². The van der Waals surface area contributed by atoms with Crippen molar-refractivity contribution in [3.05, 3.63) is 66.0 Å². The Labute approximate surface area is 159 Å². The second kappa shape index (κ2) is 7.92. The number of aromatic nitrogens is 2. The van der Waals surface area contributed by atoms with Gasteiger partial charge in [-0.15, -0.1) is 0 Å². The van der Waals surface area contributed by atoms with Gasteiger partial charge in [-0.3, -0.25) is 4.79 Å². The number of nitrogens with zero attached hydrogens (tertiary/aromatic N) is 2. The molecule has 2 N–H and O–H groups in total. The van der Waals surface area contributed by atoms with Crippen molar-refractivity contribution in [2.45, 2.75) is 44.8 Å². The molecule has 0 spiro atoms. The summed E-state index contributed by atoms with van der Waals surface area (Å²) in [5, 5.41) is 12.7. The zero-order valence-corrected chi connectivity index (χ0v) is 15.3. The first-order chi connectivity index (χ1) is 13.2. The van der Waals surface area contributed by atoms with E-state index in [-0.39, 0.29) is 5.92 Å². The van der Waals surface area contributed by atoms with Gasteiger partial charge in [0.1, 0.15) is 0 Å². The summed E-state index contributed by atoms with van der Waals surface area (Å²) < 4.78 is 2.17. The third-order valence-corrected chi connectivity index (χ3v) is 5.57. The van der Waals surface area contributed by atoms with E-state index in [0.717, 1.165) is 49.8 Å². The molecule has 0 unspecified atom stereocenters. The minimum atomic E-state index is -0.644. The van der Waals surface area contributed by atoms with Crippen molar-refractivity contribution in [3.8, 4) is 0 Å². The minimum absolute atomic E-state index is 0.151. The Morgan fingerprint density at radius 2 is 1.74 bits per heavy atom. The average Bonchev–Trinajstić information content (AvgIpc) is 3.11. The van der Waals surface area contributed by atoms with Gasteiger partial charge in [-0.1, -0.05) is 36.4 Å². The fourth-order valence-electron chi connectivity index (χ4n) is 3.90. The van der Waals surface area contributed by atoms with E-state index >= 15 is 0 Å². The summed E-state index contributed by atoms with van der Waals surface area (Å²) in [7, 11) is 0. The van der Waals surface area contributed by atoms with Gasteiger partial charge in [0, 0.05) is 19.1 Å². The molecular formula is C22H25N3O2. The molecule has 5 heteroatoms. The quantitative estimate of drug-likeness (QED) is 0.699. The van der Waals surface area contributed by atoms with Gasteiger partial charge in [0.25, 0.3) is 0 Å². The molecule has 0 amide bonds. The highest BCUT2D eigenvalue weighted by Gasteiger charge is 2.25. The van der Waals surface area contributed by atoms with Crippen LogP contribution in [0.1, 0.15) is 36.8 Å². The molecule has 1 fully saturated rings. The van der Waals surface area contributed by atoms with Crippen LogP contribution in [0.5, 0.6) is 0 Å². The highest BCUT2D eigenvalue weighted by molar-refractivity contribution is 5.75. The van der Waals surface area contributed by atoms with E-state index in [1.807, 2.05) is 24.5 Å². The fourth-order valence-corrected chi connectivity index (χ4v) is 3.90. The topological polar surface area (TPSA) is 67.2 Å². The molecule has 4 rings (SSSR count). The second-order valence-electron chi connectivity index (χ2n) is 7.45. The monoisotopic (exact) mass is 363 g/mol. The molecule has 0 radical (unpaired) electrons. The van der Waals surface area contributed by atoms with E-state index in [1.165, 1.54) is 11.1 Å². The number of fused-ring (bicyclic) bond motifs is 1. The molecule has 0 saturated heterocycles. The second-order valence-corrected chi connectivity index (χ2v) is 7.45. The van der Waals surface area contributed by atoms with E-state index < -0.39 is 5.97 Å². The largest absolute Gasteiger partial charge is 0.481 e. The summed E-state index contributed by atoms with van der Waals surface area (Å²) >= 11 is 0. The predicted octanol–water partition coefficient (Wildman–Crippen LogP) is 3.82. The van der Waals surface area contributed by atoms with Gasteiger partial charge in [-0.05, 0) is 48.9 Å². The first kappa shape index (κ1) is 17.7. The molecule has 2 aromatic carbocycles. The molecule has 27 heavy (non-hydrogen) atoms. The number of carbonyl (C=O) groups is 1. The standard InChI is InChI=1S/C22H25N3O2/c26-22(27)18-9-11-19(12-10-18)23-13-16-5-7-17(8-6-16)14-25-15-24-20-3-1-2-4-21(20)25/h1-8,15,18-19,23H,9-14H2,(H,26,27). The van der Waals surface area contributed by atoms with Gasteiger partial charge in [0.2, 0.25) is 0 Å². The molecule has 1 heterocycles. The van der Waals surface area contributed by atoms with E-state index in [0.29, 0.717) is 6.04 Å². The number of para-hydroxylation sites is 2. The number of carboxylic acid groups (broad SMARTS) is 1. The summed E-state index contributed by atoms with van der Waals surface area (Å²) in [6, 6.07) is 17.3. The van der Waals surface area contributed by atoms with Gasteiger partial charge < -0.3 is 15.0 Å². The van der Waals surface area contributed by atoms with Gasteiger partial charge >= 0.3 is 5.97 Å². The van der Waals surface area contributed by atoms with Crippen molar-refractivity contribution in [1.82, 2.24) is 14.9 Å². The summed E-state index contributed by atoms with van der Waals surface area (Å²) in [6.45, 7) is 1.64. The number of rotatable bonds is 6. The molecule has 0 aliphatic heterocycles. The maximum atomic E-state index is 11.0. The maximum absolute atomic E-state index is 11.0. The first-order valence-corrected chi connectivity index (χ1v) is 9.63. The van der Waals surface area contributed by atoms with Crippen LogP contribution in [0.15, 0.2) is 54.9 Å². The Morgan fingerprint density at radius 3 is 2.48 bits per heavy atom. The van der Waals surface area contributed by atoms with E-state index in [1.54, 1.807) is 0 Å². The average molecular weight is 363 g/mol. The predicted molar refractivity (Wildman–Crippen MR) is 105 cm³/mol. The third kappa shape index (κ3) is 4.19. The lowest BCUT2D eigenvalue weighted by molar-refractivity contribution is -0.142. The molecule has 0 atom stereocenters. The number of hydrogen-bond donors (Lipinski definition) is 2. The Balaban J connectivity index is 1.31. The zero-order chi connectivity index (χ0) is 18.6. The van der Waals surface area contributed by atoms with Crippen LogP contribution in [-0.2, 0) is 17.9 Å². The summed E-state index contributed by atoms with van der Waals surface area (Å²) in [5.41, 5.74) is 4.69. The van der Waals surface area contributed by atoms with Crippen LogP contribution < -0.4 is 5.32 Å². The molecule has 140 valence electrons. The fraction of sp³-hybridized carbons (Fsp3) is 0.364. The van der Waals surface area contributed by atoms with E-state index in [2.05, 4.69) is 45.2 Å². The smallest absolute Gasteiger partial charge is 0.306 e. The molecular weight excluding hydrogens is 338 g/mol. The molecule has 1 saturated carbocycles. The highest BCUT2D eigenvalue weighted by Crippen LogP contribution is 2.24. The van der Waals surface area contributed by atoms with Crippen LogP contribution in [0, 0.1) is 5.92 Å². The molecule has 5 nitrogen and oxygen atoms in total. The van der Waals surface area contributed by atoms with Crippen LogP contribution in [-0.4, -0.2) is 26.7 Å². The van der Waals surface area contributed by atoms with Gasteiger partial charge in [0.15, 0.2) is 0 Å². The normalized spacial score (nSPS) is 20.0. The number of nitrogens with one attached hydrogen (secondary N) is 1. The summed E-state index contributed by atoms with van der Waals surface area (Å²) in [6.07, 6.45) is 5.36. The van der Waals surface area contributed by atoms with Crippen molar-refractivity contribution in [2.24, 2.45) is 5.92 Å². The summed E-state index contributed by atoms with van der Waals surface area (Å²) in [5.74, 6) is -0.795. The molecule has 1 aromatic heterocycles. The third-order valence-electron chi connectivity index (χ3n) is 5.57. The van der Waals surface area contributed by atoms with Crippen LogP contribution >= 0.6 is 0 Å². The summed E-state index contributed by atoms with van der Waals surface area (Å²) in [4.78, 5) is 15.5. The van der Waals surface area contributed by atoms with E-state index in [4.69, 9.17) is 5.11 Å². The number of carboxylic acids is 1. The molecule has 1 aliphatic rings. The minimum Gasteiger partial charge on any atom is -0.481 e. The zero-order valence-electron chi connectivity index (χ0n) is 15.3. The van der Waals surface area contributed by atoms with Crippen molar-refractivity contribution in [1.29, 1.82) is 0 Å². The van der Waals surface area contributed by atoms with Crippen molar-refractivity contribution < 1.29 is 9.90 Å². The number of aliphatic carboxylic acids is 1. The maximum Gasteiger partial charge on any atom is 0.306 e. The molecule has 0 bridgehead atoms. The number of imidazole rings is 1. The molecule has 3 aromatic rings.